The second kappa shape index (κ2) is 3.94. The van der Waals surface area contributed by atoms with E-state index < -0.39 is 0 Å². The lowest BCUT2D eigenvalue weighted by atomic mass is 10.2. The van der Waals surface area contributed by atoms with Crippen LogP contribution in [0.5, 0.6) is 5.75 Å². The molecule has 1 nitrogen and oxygen atoms in total. The second-order valence-electron chi connectivity index (χ2n) is 3.08. The molecule has 0 aliphatic heterocycles. The van der Waals surface area contributed by atoms with E-state index >= 15 is 0 Å². The van der Waals surface area contributed by atoms with Gasteiger partial charge in [0.25, 0.3) is 0 Å². The van der Waals surface area contributed by atoms with Gasteiger partial charge >= 0.3 is 0 Å². The van der Waals surface area contributed by atoms with Crippen LogP contribution < -0.4 is 4.74 Å². The third-order valence-corrected chi connectivity index (χ3v) is 2.37. The van der Waals surface area contributed by atoms with E-state index in [1.54, 1.807) is 0 Å². The van der Waals surface area contributed by atoms with Crippen LogP contribution in [0.2, 0.25) is 0 Å². The van der Waals surface area contributed by atoms with Gasteiger partial charge in [-0.05, 0) is 38.5 Å². The number of rotatable bonds is 2. The summed E-state index contributed by atoms with van der Waals surface area (Å²) < 4.78 is 6.62. The van der Waals surface area contributed by atoms with Gasteiger partial charge < -0.3 is 4.74 Å². The van der Waals surface area contributed by atoms with Gasteiger partial charge in [-0.2, -0.15) is 0 Å². The van der Waals surface area contributed by atoms with E-state index in [0.717, 1.165) is 10.2 Å². The number of hydrogen-bond acceptors (Lipinski definition) is 1. The SMILES string of the molecule is Cc1ccc(OC(C)C)cc1Br. The molecule has 66 valence electrons. The number of ether oxygens (including phenoxy) is 1. The quantitative estimate of drug-likeness (QED) is 0.753. The van der Waals surface area contributed by atoms with Crippen LogP contribution in [0.15, 0.2) is 22.7 Å². The summed E-state index contributed by atoms with van der Waals surface area (Å²) in [5.74, 6) is 0.919. The van der Waals surface area contributed by atoms with E-state index in [9.17, 15) is 0 Å². The first-order chi connectivity index (χ1) is 5.59. The first-order valence-corrected chi connectivity index (χ1v) is 4.81. The van der Waals surface area contributed by atoms with Crippen LogP contribution in [0.1, 0.15) is 19.4 Å². The predicted octanol–water partition coefficient (Wildman–Crippen LogP) is 3.54. The minimum absolute atomic E-state index is 0.236. The molecule has 0 amide bonds. The number of aryl methyl sites for hydroxylation is 1. The summed E-state index contributed by atoms with van der Waals surface area (Å²) in [5.41, 5.74) is 1.23. The van der Waals surface area contributed by atoms with Gasteiger partial charge in [0, 0.05) is 4.47 Å². The lowest BCUT2D eigenvalue weighted by Crippen LogP contribution is -2.05. The van der Waals surface area contributed by atoms with Gasteiger partial charge in [0.1, 0.15) is 5.75 Å². The molecule has 0 bridgehead atoms. The zero-order valence-electron chi connectivity index (χ0n) is 7.60. The molecule has 1 aromatic rings. The summed E-state index contributed by atoms with van der Waals surface area (Å²) in [6, 6.07) is 6.03. The maximum Gasteiger partial charge on any atom is 0.120 e. The Bertz CT molecular complexity index is 269. The van der Waals surface area contributed by atoms with Gasteiger partial charge in [-0.25, -0.2) is 0 Å². The zero-order chi connectivity index (χ0) is 9.14. The molecule has 1 aromatic carbocycles. The van der Waals surface area contributed by atoms with Crippen molar-refractivity contribution in [2.75, 3.05) is 0 Å². The fraction of sp³-hybridized carbons (Fsp3) is 0.400. The maximum absolute atomic E-state index is 5.52. The average molecular weight is 229 g/mol. The Balaban J connectivity index is 2.82. The van der Waals surface area contributed by atoms with E-state index in [-0.39, 0.29) is 6.10 Å². The summed E-state index contributed by atoms with van der Waals surface area (Å²) in [5, 5.41) is 0. The van der Waals surface area contributed by atoms with Crippen LogP contribution in [0, 0.1) is 6.92 Å². The van der Waals surface area contributed by atoms with E-state index in [4.69, 9.17) is 4.74 Å². The van der Waals surface area contributed by atoms with Crippen molar-refractivity contribution in [3.8, 4) is 5.75 Å². The molecule has 1 rings (SSSR count). The summed E-state index contributed by atoms with van der Waals surface area (Å²) in [6.45, 7) is 6.10. The average Bonchev–Trinajstić information content (AvgIpc) is 1.96. The van der Waals surface area contributed by atoms with Crippen LogP contribution in [0.3, 0.4) is 0 Å². The number of halogens is 1. The summed E-state index contributed by atoms with van der Waals surface area (Å²) in [4.78, 5) is 0. The van der Waals surface area contributed by atoms with Gasteiger partial charge in [0.2, 0.25) is 0 Å². The summed E-state index contributed by atoms with van der Waals surface area (Å²) >= 11 is 3.46. The maximum atomic E-state index is 5.52. The minimum atomic E-state index is 0.236. The molecule has 0 aliphatic carbocycles. The fourth-order valence-electron chi connectivity index (χ4n) is 0.919. The first-order valence-electron chi connectivity index (χ1n) is 4.02. The molecule has 0 heterocycles. The van der Waals surface area contributed by atoms with Crippen LogP contribution in [-0.2, 0) is 0 Å². The van der Waals surface area contributed by atoms with Gasteiger partial charge in [-0.3, -0.25) is 0 Å². The van der Waals surface area contributed by atoms with Crippen molar-refractivity contribution >= 4 is 15.9 Å². The molecule has 0 unspecified atom stereocenters. The highest BCUT2D eigenvalue weighted by Gasteiger charge is 1.99. The van der Waals surface area contributed by atoms with E-state index in [1.165, 1.54) is 5.56 Å². The second-order valence-corrected chi connectivity index (χ2v) is 3.93. The molecule has 0 fully saturated rings. The van der Waals surface area contributed by atoms with Crippen molar-refractivity contribution in [2.24, 2.45) is 0 Å². The summed E-state index contributed by atoms with van der Waals surface area (Å²) in [7, 11) is 0. The Morgan fingerprint density at radius 2 is 2.00 bits per heavy atom. The zero-order valence-corrected chi connectivity index (χ0v) is 9.18. The molecule has 0 saturated carbocycles. The van der Waals surface area contributed by atoms with Crippen LogP contribution >= 0.6 is 15.9 Å². The molecule has 0 aromatic heterocycles. The largest absolute Gasteiger partial charge is 0.491 e. The first kappa shape index (κ1) is 9.59. The molecule has 2 heteroatoms. The molecule has 0 saturated heterocycles. The molecule has 0 atom stereocenters. The fourth-order valence-corrected chi connectivity index (χ4v) is 1.28. The van der Waals surface area contributed by atoms with Crippen molar-refractivity contribution in [1.82, 2.24) is 0 Å². The van der Waals surface area contributed by atoms with Crippen LogP contribution in [0.25, 0.3) is 0 Å². The van der Waals surface area contributed by atoms with E-state index in [0.29, 0.717) is 0 Å². The molecule has 12 heavy (non-hydrogen) atoms. The molecule has 0 radical (unpaired) electrons. The van der Waals surface area contributed by atoms with Gasteiger partial charge in [0.15, 0.2) is 0 Å². The Morgan fingerprint density at radius 1 is 1.33 bits per heavy atom. The summed E-state index contributed by atoms with van der Waals surface area (Å²) in [6.07, 6.45) is 0.236. The standard InChI is InChI=1S/C10H13BrO/c1-7(2)12-9-5-4-8(3)10(11)6-9/h4-7H,1-3H3. The minimum Gasteiger partial charge on any atom is -0.491 e. The van der Waals surface area contributed by atoms with Gasteiger partial charge in [0.05, 0.1) is 6.10 Å². The van der Waals surface area contributed by atoms with E-state index in [1.807, 2.05) is 32.0 Å². The monoisotopic (exact) mass is 228 g/mol. The third-order valence-electron chi connectivity index (χ3n) is 1.52. The molecular formula is C10H13BrO. The van der Waals surface area contributed by atoms with Crippen LogP contribution in [-0.4, -0.2) is 6.10 Å². The van der Waals surface area contributed by atoms with Gasteiger partial charge in [-0.15, -0.1) is 0 Å². The molecular weight excluding hydrogens is 216 g/mol. The van der Waals surface area contributed by atoms with Crippen LogP contribution in [0.4, 0.5) is 0 Å². The molecule has 0 aliphatic rings. The highest BCUT2D eigenvalue weighted by molar-refractivity contribution is 9.10. The highest BCUT2D eigenvalue weighted by Crippen LogP contribution is 2.22. The van der Waals surface area contributed by atoms with E-state index in [2.05, 4.69) is 22.9 Å². The topological polar surface area (TPSA) is 9.23 Å². The van der Waals surface area contributed by atoms with Crippen molar-refractivity contribution in [3.63, 3.8) is 0 Å². The smallest absolute Gasteiger partial charge is 0.120 e. The molecule has 0 N–H and O–H groups in total. The van der Waals surface area contributed by atoms with Crippen molar-refractivity contribution < 1.29 is 4.74 Å². The normalized spacial score (nSPS) is 10.4. The Morgan fingerprint density at radius 3 is 2.50 bits per heavy atom. The molecule has 0 spiro atoms. The lowest BCUT2D eigenvalue weighted by Gasteiger charge is -2.10. The number of hydrogen-bond donors (Lipinski definition) is 0. The van der Waals surface area contributed by atoms with Crippen molar-refractivity contribution in [1.29, 1.82) is 0 Å². The predicted molar refractivity (Wildman–Crippen MR) is 54.6 cm³/mol. The third kappa shape index (κ3) is 2.52. The Labute approximate surface area is 81.9 Å². The van der Waals surface area contributed by atoms with Crippen molar-refractivity contribution in [3.05, 3.63) is 28.2 Å². The lowest BCUT2D eigenvalue weighted by molar-refractivity contribution is 0.242. The highest BCUT2D eigenvalue weighted by atomic mass is 79.9. The number of benzene rings is 1. The van der Waals surface area contributed by atoms with Crippen molar-refractivity contribution in [2.45, 2.75) is 26.9 Å². The Hall–Kier alpha value is -0.500. The Kier molecular flexibility index (Phi) is 3.15. The van der Waals surface area contributed by atoms with Gasteiger partial charge in [-0.1, -0.05) is 22.0 Å².